The molecule has 0 aliphatic carbocycles. The van der Waals surface area contributed by atoms with Gasteiger partial charge >= 0.3 is 0 Å². The number of fused-ring (bicyclic) bond motifs is 1. The zero-order valence-corrected chi connectivity index (χ0v) is 17.1. The number of aryl methyl sites for hydroxylation is 4. The van der Waals surface area contributed by atoms with Gasteiger partial charge in [0.2, 0.25) is 5.91 Å². The molecule has 5 heteroatoms. The lowest BCUT2D eigenvalue weighted by Gasteiger charge is -2.05. The second-order valence-electron chi connectivity index (χ2n) is 6.45. The van der Waals surface area contributed by atoms with E-state index in [1.807, 2.05) is 30.0 Å². The summed E-state index contributed by atoms with van der Waals surface area (Å²) >= 11 is 3.44. The minimum Gasteiger partial charge on any atom is -0.315 e. The molecule has 0 aliphatic rings. The zero-order valence-electron chi connectivity index (χ0n) is 15.5. The van der Waals surface area contributed by atoms with Crippen LogP contribution in [-0.4, -0.2) is 22.5 Å². The third kappa shape index (κ3) is 4.46. The highest BCUT2D eigenvalue weighted by atomic mass is 32.2. The van der Waals surface area contributed by atoms with Crippen LogP contribution < -0.4 is 4.80 Å². The van der Waals surface area contributed by atoms with Gasteiger partial charge in [-0.25, -0.2) is 0 Å². The summed E-state index contributed by atoms with van der Waals surface area (Å²) in [6.07, 6.45) is 3.28. The molecule has 3 nitrogen and oxygen atoms in total. The van der Waals surface area contributed by atoms with Crippen molar-refractivity contribution in [3.8, 4) is 0 Å². The fourth-order valence-corrected chi connectivity index (χ4v) is 4.54. The number of thiazole rings is 1. The number of nitrogens with zero attached hydrogens (tertiary/aromatic N) is 2. The van der Waals surface area contributed by atoms with Crippen molar-refractivity contribution in [1.29, 1.82) is 0 Å². The molecular weight excluding hydrogens is 360 g/mol. The van der Waals surface area contributed by atoms with Crippen LogP contribution in [0.4, 0.5) is 0 Å². The van der Waals surface area contributed by atoms with Crippen molar-refractivity contribution in [3.63, 3.8) is 0 Å². The first kappa shape index (κ1) is 18.9. The summed E-state index contributed by atoms with van der Waals surface area (Å²) < 4.78 is 3.43. The Morgan fingerprint density at radius 2 is 1.96 bits per heavy atom. The van der Waals surface area contributed by atoms with Crippen LogP contribution in [0.1, 0.15) is 23.1 Å². The van der Waals surface area contributed by atoms with Gasteiger partial charge in [-0.15, -0.1) is 0 Å². The van der Waals surface area contributed by atoms with Crippen LogP contribution >= 0.6 is 23.1 Å². The minimum absolute atomic E-state index is 0.0484. The molecule has 3 aromatic rings. The average molecular weight is 385 g/mol. The second kappa shape index (κ2) is 8.69. The van der Waals surface area contributed by atoms with Crippen LogP contribution in [0.15, 0.2) is 47.5 Å². The fourth-order valence-electron chi connectivity index (χ4n) is 3.06. The predicted octanol–water partition coefficient (Wildman–Crippen LogP) is 4.74. The first-order valence-electron chi connectivity index (χ1n) is 8.79. The summed E-state index contributed by atoms with van der Waals surface area (Å²) in [5.74, 6) is 0.956. The van der Waals surface area contributed by atoms with E-state index in [1.54, 1.807) is 11.3 Å². The highest BCUT2D eigenvalue weighted by Gasteiger charge is 2.10. The molecule has 0 aliphatic heterocycles. The van der Waals surface area contributed by atoms with Gasteiger partial charge in [-0.1, -0.05) is 47.7 Å². The molecule has 1 aromatic heterocycles. The smallest absolute Gasteiger partial charge is 0.248 e. The van der Waals surface area contributed by atoms with Crippen molar-refractivity contribution in [2.75, 3.05) is 12.0 Å². The highest BCUT2D eigenvalue weighted by Crippen LogP contribution is 2.23. The Balaban J connectivity index is 1.93. The van der Waals surface area contributed by atoms with Crippen LogP contribution in [0, 0.1) is 13.8 Å². The molecule has 0 bridgehead atoms. The Kier molecular flexibility index (Phi) is 6.33. The summed E-state index contributed by atoms with van der Waals surface area (Å²) in [4.78, 5) is 17.8. The van der Waals surface area contributed by atoms with Crippen LogP contribution in [0.3, 0.4) is 0 Å². The van der Waals surface area contributed by atoms with Crippen molar-refractivity contribution in [1.82, 2.24) is 4.57 Å². The van der Waals surface area contributed by atoms with Crippen LogP contribution in [0.5, 0.6) is 0 Å². The van der Waals surface area contributed by atoms with Gasteiger partial charge in [0, 0.05) is 18.7 Å². The van der Waals surface area contributed by atoms with Gasteiger partial charge in [-0.3, -0.25) is 4.79 Å². The van der Waals surface area contributed by atoms with Crippen molar-refractivity contribution >= 4 is 39.2 Å². The maximum Gasteiger partial charge on any atom is 0.248 e. The Bertz CT molecular complexity index is 971. The van der Waals surface area contributed by atoms with Gasteiger partial charge in [-0.05, 0) is 49.3 Å². The van der Waals surface area contributed by atoms with Crippen LogP contribution in [0.25, 0.3) is 10.2 Å². The molecule has 0 unspecified atom stereocenters. The standard InChI is InChI=1S/C21H24N2OS2/c1-15-13-16(2)20-18(14-15)23(11-12-25-3)21(26-20)22-19(24)10-9-17-7-5-4-6-8-17/h4-8,13-14H,9-12H2,1-3H3. The maximum atomic E-state index is 12.5. The SMILES string of the molecule is CSCCn1c(=NC(=O)CCc2ccccc2)sc2c(C)cc(C)cc21. The first-order valence-corrected chi connectivity index (χ1v) is 11.0. The van der Waals surface area contributed by atoms with Gasteiger partial charge in [0.1, 0.15) is 0 Å². The van der Waals surface area contributed by atoms with E-state index in [9.17, 15) is 4.79 Å². The van der Waals surface area contributed by atoms with E-state index in [-0.39, 0.29) is 5.91 Å². The van der Waals surface area contributed by atoms with Crippen molar-refractivity contribution in [3.05, 3.63) is 64.0 Å². The predicted molar refractivity (Wildman–Crippen MR) is 113 cm³/mol. The molecule has 0 N–H and O–H groups in total. The molecule has 0 spiro atoms. The van der Waals surface area contributed by atoms with Gasteiger partial charge in [0.15, 0.2) is 4.80 Å². The molecule has 0 saturated heterocycles. The Morgan fingerprint density at radius 1 is 1.19 bits per heavy atom. The molecule has 136 valence electrons. The number of carbonyl (C=O) groups excluding carboxylic acids is 1. The monoisotopic (exact) mass is 384 g/mol. The first-order chi connectivity index (χ1) is 12.6. The van der Waals surface area contributed by atoms with Gasteiger partial charge in [0.25, 0.3) is 0 Å². The average Bonchev–Trinajstić information content (AvgIpc) is 2.96. The van der Waals surface area contributed by atoms with E-state index < -0.39 is 0 Å². The number of thioether (sulfide) groups is 1. The van der Waals surface area contributed by atoms with Gasteiger partial charge in [0.05, 0.1) is 10.2 Å². The molecular formula is C21H24N2OS2. The van der Waals surface area contributed by atoms with E-state index in [4.69, 9.17) is 0 Å². The Labute approximate surface area is 162 Å². The molecule has 2 aromatic carbocycles. The van der Waals surface area contributed by atoms with E-state index in [1.165, 1.54) is 26.9 Å². The third-order valence-corrected chi connectivity index (χ3v) is 6.14. The van der Waals surface area contributed by atoms with E-state index in [2.05, 4.69) is 53.9 Å². The summed E-state index contributed by atoms with van der Waals surface area (Å²) in [7, 11) is 0. The lowest BCUT2D eigenvalue weighted by molar-refractivity contribution is -0.118. The van der Waals surface area contributed by atoms with E-state index in [0.717, 1.165) is 23.5 Å². The second-order valence-corrected chi connectivity index (χ2v) is 8.41. The van der Waals surface area contributed by atoms with Crippen molar-refractivity contribution < 1.29 is 4.79 Å². The topological polar surface area (TPSA) is 34.4 Å². The largest absolute Gasteiger partial charge is 0.315 e. The molecule has 26 heavy (non-hydrogen) atoms. The number of carbonyl (C=O) groups is 1. The number of hydrogen-bond acceptors (Lipinski definition) is 3. The number of hydrogen-bond donors (Lipinski definition) is 0. The summed E-state index contributed by atoms with van der Waals surface area (Å²) in [5, 5.41) is 0. The normalized spacial score (nSPS) is 12.0. The van der Waals surface area contributed by atoms with E-state index >= 15 is 0 Å². The number of amides is 1. The number of rotatable bonds is 6. The quantitative estimate of drug-likeness (QED) is 0.615. The van der Waals surface area contributed by atoms with Crippen LogP contribution in [-0.2, 0) is 17.8 Å². The van der Waals surface area contributed by atoms with Crippen molar-refractivity contribution in [2.24, 2.45) is 4.99 Å². The Hall–Kier alpha value is -1.85. The molecule has 0 radical (unpaired) electrons. The lowest BCUT2D eigenvalue weighted by Crippen LogP contribution is -2.18. The number of aromatic nitrogens is 1. The van der Waals surface area contributed by atoms with Crippen LogP contribution in [0.2, 0.25) is 0 Å². The summed E-state index contributed by atoms with van der Waals surface area (Å²) in [6.45, 7) is 5.12. The molecule has 0 saturated carbocycles. The summed E-state index contributed by atoms with van der Waals surface area (Å²) in [5.41, 5.74) is 4.86. The lowest BCUT2D eigenvalue weighted by atomic mass is 10.1. The minimum atomic E-state index is -0.0484. The highest BCUT2D eigenvalue weighted by molar-refractivity contribution is 7.98. The molecule has 1 amide bonds. The summed E-state index contributed by atoms with van der Waals surface area (Å²) in [6, 6.07) is 14.5. The molecule has 3 rings (SSSR count). The van der Waals surface area contributed by atoms with E-state index in [0.29, 0.717) is 6.42 Å². The maximum absolute atomic E-state index is 12.5. The van der Waals surface area contributed by atoms with Gasteiger partial charge < -0.3 is 4.57 Å². The Morgan fingerprint density at radius 3 is 2.69 bits per heavy atom. The molecule has 0 atom stereocenters. The van der Waals surface area contributed by atoms with Gasteiger partial charge in [-0.2, -0.15) is 16.8 Å². The number of benzene rings is 2. The molecule has 1 heterocycles. The zero-order chi connectivity index (χ0) is 18.5. The fraction of sp³-hybridized carbons (Fsp3) is 0.333. The third-order valence-electron chi connectivity index (χ3n) is 4.32. The van der Waals surface area contributed by atoms with Crippen molar-refractivity contribution in [2.45, 2.75) is 33.2 Å². The molecule has 0 fully saturated rings.